The SMILES string of the molecule is O=C(NC(CCN1CCCCC1)c1ccc(Cl)cc1)c1ccc(-c2ccccc2)cc1. The van der Waals surface area contributed by atoms with E-state index in [0.717, 1.165) is 42.7 Å². The van der Waals surface area contributed by atoms with Crippen LogP contribution >= 0.6 is 11.6 Å². The molecule has 1 N–H and O–H groups in total. The molecule has 1 fully saturated rings. The fourth-order valence-electron chi connectivity index (χ4n) is 4.20. The monoisotopic (exact) mass is 432 g/mol. The number of rotatable bonds is 7. The summed E-state index contributed by atoms with van der Waals surface area (Å²) in [5.41, 5.74) is 4.03. The predicted molar refractivity (Wildman–Crippen MR) is 128 cm³/mol. The minimum atomic E-state index is -0.0433. The van der Waals surface area contributed by atoms with Crippen molar-refractivity contribution in [1.29, 1.82) is 0 Å². The third-order valence-electron chi connectivity index (χ3n) is 6.01. The van der Waals surface area contributed by atoms with Gasteiger partial charge in [0.2, 0.25) is 0 Å². The van der Waals surface area contributed by atoms with Gasteiger partial charge in [0, 0.05) is 17.1 Å². The standard InChI is InChI=1S/C27H29ClN2O/c28-25-15-13-23(14-16-25)26(17-20-30-18-5-2-6-19-30)29-27(31)24-11-9-22(10-12-24)21-7-3-1-4-8-21/h1,3-4,7-16,26H,2,5-6,17-20H2,(H,29,31). The lowest BCUT2D eigenvalue weighted by Crippen LogP contribution is -2.35. The highest BCUT2D eigenvalue weighted by Gasteiger charge is 2.18. The summed E-state index contributed by atoms with van der Waals surface area (Å²) in [6, 6.07) is 25.8. The summed E-state index contributed by atoms with van der Waals surface area (Å²) in [5, 5.41) is 3.97. The van der Waals surface area contributed by atoms with Crippen LogP contribution in [0.4, 0.5) is 0 Å². The van der Waals surface area contributed by atoms with E-state index in [1.54, 1.807) is 0 Å². The first kappa shape index (κ1) is 21.6. The molecule has 1 atom stereocenters. The van der Waals surface area contributed by atoms with E-state index in [2.05, 4.69) is 22.3 Å². The van der Waals surface area contributed by atoms with Crippen molar-refractivity contribution in [2.45, 2.75) is 31.7 Å². The van der Waals surface area contributed by atoms with Crippen molar-refractivity contribution in [2.24, 2.45) is 0 Å². The van der Waals surface area contributed by atoms with Crippen molar-refractivity contribution in [2.75, 3.05) is 19.6 Å². The number of nitrogens with zero attached hydrogens (tertiary/aromatic N) is 1. The van der Waals surface area contributed by atoms with Crippen molar-refractivity contribution in [3.05, 3.63) is 95.0 Å². The van der Waals surface area contributed by atoms with Gasteiger partial charge in [0.25, 0.3) is 5.91 Å². The second-order valence-corrected chi connectivity index (χ2v) is 8.65. The summed E-state index contributed by atoms with van der Waals surface area (Å²) in [6.45, 7) is 3.30. The lowest BCUT2D eigenvalue weighted by Gasteiger charge is -2.29. The topological polar surface area (TPSA) is 32.3 Å². The van der Waals surface area contributed by atoms with Crippen LogP contribution < -0.4 is 5.32 Å². The molecule has 3 nitrogen and oxygen atoms in total. The fraction of sp³-hybridized carbons (Fsp3) is 0.296. The first-order valence-electron chi connectivity index (χ1n) is 11.1. The van der Waals surface area contributed by atoms with Gasteiger partial charge >= 0.3 is 0 Å². The molecule has 3 aromatic rings. The van der Waals surface area contributed by atoms with Crippen molar-refractivity contribution in [3.63, 3.8) is 0 Å². The lowest BCUT2D eigenvalue weighted by atomic mass is 10.0. The summed E-state index contributed by atoms with van der Waals surface area (Å²) in [7, 11) is 0. The second-order valence-electron chi connectivity index (χ2n) is 8.21. The molecule has 1 aliphatic rings. The zero-order valence-corrected chi connectivity index (χ0v) is 18.5. The van der Waals surface area contributed by atoms with Gasteiger partial charge in [-0.15, -0.1) is 0 Å². The molecule has 0 spiro atoms. The number of nitrogens with one attached hydrogen (secondary N) is 1. The minimum absolute atomic E-state index is 0.0412. The van der Waals surface area contributed by atoms with Crippen LogP contribution in [0.1, 0.15) is 47.6 Å². The van der Waals surface area contributed by atoms with E-state index in [0.29, 0.717) is 10.6 Å². The van der Waals surface area contributed by atoms with E-state index in [1.165, 1.54) is 19.3 Å². The van der Waals surface area contributed by atoms with Gasteiger partial charge in [-0.2, -0.15) is 0 Å². The summed E-state index contributed by atoms with van der Waals surface area (Å²) in [4.78, 5) is 15.6. The van der Waals surface area contributed by atoms with Crippen molar-refractivity contribution in [1.82, 2.24) is 10.2 Å². The molecule has 0 radical (unpaired) electrons. The Morgan fingerprint density at radius 3 is 2.16 bits per heavy atom. The highest BCUT2D eigenvalue weighted by Crippen LogP contribution is 2.23. The summed E-state index contributed by atoms with van der Waals surface area (Å²) in [6.07, 6.45) is 4.75. The highest BCUT2D eigenvalue weighted by molar-refractivity contribution is 6.30. The first-order chi connectivity index (χ1) is 15.2. The molecule has 1 amide bonds. The van der Waals surface area contributed by atoms with Crippen LogP contribution in [-0.4, -0.2) is 30.4 Å². The van der Waals surface area contributed by atoms with Crippen LogP contribution in [0.25, 0.3) is 11.1 Å². The number of halogens is 1. The van der Waals surface area contributed by atoms with Gasteiger partial charge in [-0.1, -0.05) is 72.6 Å². The third kappa shape index (κ3) is 5.96. The minimum Gasteiger partial charge on any atom is -0.345 e. The molecule has 1 saturated heterocycles. The number of piperidine rings is 1. The number of benzene rings is 3. The Bertz CT molecular complexity index is 964. The zero-order chi connectivity index (χ0) is 21.5. The van der Waals surface area contributed by atoms with Gasteiger partial charge in [0.15, 0.2) is 0 Å². The average molecular weight is 433 g/mol. The lowest BCUT2D eigenvalue weighted by molar-refractivity contribution is 0.0930. The van der Waals surface area contributed by atoms with Crippen LogP contribution in [0, 0.1) is 0 Å². The maximum atomic E-state index is 13.0. The Balaban J connectivity index is 1.46. The van der Waals surface area contributed by atoms with E-state index in [9.17, 15) is 4.79 Å². The van der Waals surface area contributed by atoms with Gasteiger partial charge in [-0.3, -0.25) is 4.79 Å². The Kier molecular flexibility index (Phi) is 7.39. The maximum Gasteiger partial charge on any atom is 0.251 e. The van der Waals surface area contributed by atoms with Gasteiger partial charge < -0.3 is 10.2 Å². The molecular weight excluding hydrogens is 404 g/mol. The highest BCUT2D eigenvalue weighted by atomic mass is 35.5. The number of amides is 1. The largest absolute Gasteiger partial charge is 0.345 e. The zero-order valence-electron chi connectivity index (χ0n) is 17.8. The van der Waals surface area contributed by atoms with Gasteiger partial charge in [-0.25, -0.2) is 0 Å². The Morgan fingerprint density at radius 1 is 0.839 bits per heavy atom. The van der Waals surface area contributed by atoms with E-state index in [4.69, 9.17) is 11.6 Å². The molecule has 1 heterocycles. The molecule has 160 valence electrons. The molecule has 31 heavy (non-hydrogen) atoms. The van der Waals surface area contributed by atoms with Gasteiger partial charge in [0.1, 0.15) is 0 Å². The quantitative estimate of drug-likeness (QED) is 0.471. The molecule has 4 heteroatoms. The molecule has 1 aliphatic heterocycles. The Morgan fingerprint density at radius 2 is 1.48 bits per heavy atom. The Hall–Kier alpha value is -2.62. The molecule has 3 aromatic carbocycles. The number of hydrogen-bond donors (Lipinski definition) is 1. The van der Waals surface area contributed by atoms with E-state index < -0.39 is 0 Å². The van der Waals surface area contributed by atoms with Gasteiger partial charge in [-0.05, 0) is 73.3 Å². The van der Waals surface area contributed by atoms with Crippen LogP contribution in [0.5, 0.6) is 0 Å². The fourth-order valence-corrected chi connectivity index (χ4v) is 4.32. The third-order valence-corrected chi connectivity index (χ3v) is 6.27. The molecule has 0 bridgehead atoms. The molecule has 1 unspecified atom stereocenters. The second kappa shape index (κ2) is 10.6. The van der Waals surface area contributed by atoms with E-state index >= 15 is 0 Å². The number of hydrogen-bond acceptors (Lipinski definition) is 2. The van der Waals surface area contributed by atoms with E-state index in [-0.39, 0.29) is 11.9 Å². The van der Waals surface area contributed by atoms with Gasteiger partial charge in [0.05, 0.1) is 6.04 Å². The molecule has 0 aromatic heterocycles. The number of carbonyl (C=O) groups excluding carboxylic acids is 1. The molecule has 0 aliphatic carbocycles. The number of carbonyl (C=O) groups is 1. The smallest absolute Gasteiger partial charge is 0.251 e. The summed E-state index contributed by atoms with van der Waals surface area (Å²) in [5.74, 6) is -0.0433. The molecular formula is C27H29ClN2O. The van der Waals surface area contributed by atoms with Crippen LogP contribution in [0.2, 0.25) is 5.02 Å². The normalized spacial score (nSPS) is 15.4. The summed E-state index contributed by atoms with van der Waals surface area (Å²) >= 11 is 6.09. The summed E-state index contributed by atoms with van der Waals surface area (Å²) < 4.78 is 0. The predicted octanol–water partition coefficient (Wildman–Crippen LogP) is 6.35. The van der Waals surface area contributed by atoms with Crippen molar-refractivity contribution in [3.8, 4) is 11.1 Å². The van der Waals surface area contributed by atoms with Crippen LogP contribution in [0.3, 0.4) is 0 Å². The average Bonchev–Trinajstić information content (AvgIpc) is 2.83. The van der Waals surface area contributed by atoms with Crippen molar-refractivity contribution >= 4 is 17.5 Å². The number of likely N-dealkylation sites (tertiary alicyclic amines) is 1. The first-order valence-corrected chi connectivity index (χ1v) is 11.5. The van der Waals surface area contributed by atoms with Crippen molar-refractivity contribution < 1.29 is 4.79 Å². The van der Waals surface area contributed by atoms with Crippen LogP contribution in [0.15, 0.2) is 78.9 Å². The van der Waals surface area contributed by atoms with Crippen LogP contribution in [-0.2, 0) is 0 Å². The van der Waals surface area contributed by atoms with E-state index in [1.807, 2.05) is 66.7 Å². The molecule has 0 saturated carbocycles. The maximum absolute atomic E-state index is 13.0. The Labute approximate surface area is 190 Å². The molecule has 4 rings (SSSR count).